The molecule has 7 nitrogen and oxygen atoms in total. The van der Waals surface area contributed by atoms with E-state index < -0.39 is 5.54 Å². The van der Waals surface area contributed by atoms with Gasteiger partial charge in [0.2, 0.25) is 6.21 Å². The smallest absolute Gasteiger partial charge is 0.202 e. The van der Waals surface area contributed by atoms with Gasteiger partial charge in [-0.2, -0.15) is 0 Å². The van der Waals surface area contributed by atoms with Gasteiger partial charge in [0.25, 0.3) is 0 Å². The molecule has 0 bridgehead atoms. The van der Waals surface area contributed by atoms with Gasteiger partial charge in [-0.1, -0.05) is 0 Å². The molecular weight excluding hydrogens is 388 g/mol. The fraction of sp³-hybridized carbons (Fsp3) is 0.625. The minimum absolute atomic E-state index is 0.119. The van der Waals surface area contributed by atoms with E-state index in [4.69, 9.17) is 9.97 Å². The number of rotatable bonds is 5. The molecule has 0 radical (unpaired) electrons. The van der Waals surface area contributed by atoms with E-state index in [1.807, 2.05) is 55.4 Å². The average molecular weight is 427 g/mol. The van der Waals surface area contributed by atoms with Gasteiger partial charge < -0.3 is 5.21 Å². The summed E-state index contributed by atoms with van der Waals surface area (Å²) in [7, 11) is 0. The van der Waals surface area contributed by atoms with Crippen LogP contribution in [0, 0.1) is 39.8 Å². The predicted octanol–water partition coefficient (Wildman–Crippen LogP) is 4.34. The summed E-state index contributed by atoms with van der Waals surface area (Å²) >= 11 is 0. The molecule has 0 aliphatic carbocycles. The van der Waals surface area contributed by atoms with Crippen molar-refractivity contribution in [3.63, 3.8) is 0 Å². The van der Waals surface area contributed by atoms with E-state index in [1.54, 1.807) is 6.21 Å². The van der Waals surface area contributed by atoms with Crippen LogP contribution in [0.4, 0.5) is 0 Å². The third-order valence-corrected chi connectivity index (χ3v) is 5.49. The molecule has 170 valence electrons. The zero-order valence-corrected chi connectivity index (χ0v) is 21.1. The zero-order valence-electron chi connectivity index (χ0n) is 21.1. The summed E-state index contributed by atoms with van der Waals surface area (Å²) in [6, 6.07) is 0. The molecule has 2 rings (SSSR count). The molecule has 2 aromatic heterocycles. The van der Waals surface area contributed by atoms with Crippen LogP contribution in [0.2, 0.25) is 0 Å². The van der Waals surface area contributed by atoms with Gasteiger partial charge in [0, 0.05) is 39.4 Å². The fourth-order valence-electron chi connectivity index (χ4n) is 3.06. The van der Waals surface area contributed by atoms with Crippen molar-refractivity contribution in [3.05, 3.63) is 50.8 Å². The van der Waals surface area contributed by atoms with Gasteiger partial charge in [0.05, 0.1) is 39.9 Å². The Morgan fingerprint density at radius 1 is 0.710 bits per heavy atom. The first-order valence-electron chi connectivity index (χ1n) is 10.8. The maximum Gasteiger partial charge on any atom is 0.202 e. The van der Waals surface area contributed by atoms with Crippen LogP contribution in [0.3, 0.4) is 0 Å². The van der Waals surface area contributed by atoms with Crippen LogP contribution < -0.4 is 0 Å². The maximum atomic E-state index is 12.5. The van der Waals surface area contributed by atoms with Crippen LogP contribution >= 0.6 is 0 Å². The van der Waals surface area contributed by atoms with Gasteiger partial charge in [-0.05, 0) is 55.4 Å². The van der Waals surface area contributed by atoms with Gasteiger partial charge >= 0.3 is 0 Å². The summed E-state index contributed by atoms with van der Waals surface area (Å²) in [6.07, 6.45) is 1.55. The fourth-order valence-corrected chi connectivity index (χ4v) is 3.06. The molecule has 0 saturated carbocycles. The van der Waals surface area contributed by atoms with E-state index in [0.717, 1.165) is 44.6 Å². The van der Waals surface area contributed by atoms with Crippen molar-refractivity contribution < 1.29 is 4.74 Å². The molecule has 0 atom stereocenters. The normalized spacial score (nSPS) is 13.2. The van der Waals surface area contributed by atoms with Gasteiger partial charge in [-0.15, -0.1) is 0 Å². The summed E-state index contributed by atoms with van der Waals surface area (Å²) in [4.78, 5) is 21.3. The van der Waals surface area contributed by atoms with Crippen LogP contribution in [0.25, 0.3) is 0 Å². The maximum absolute atomic E-state index is 12.5. The van der Waals surface area contributed by atoms with Crippen LogP contribution in [0.1, 0.15) is 87.1 Å². The molecule has 2 heterocycles. The molecule has 0 aliphatic rings. The Labute approximate surface area is 187 Å². The molecule has 0 N–H and O–H groups in total. The second-order valence-corrected chi connectivity index (χ2v) is 10.3. The first-order valence-corrected chi connectivity index (χ1v) is 10.8. The summed E-state index contributed by atoms with van der Waals surface area (Å²) in [5.74, 6) is 0. The highest BCUT2D eigenvalue weighted by Gasteiger charge is 2.26. The largest absolute Gasteiger partial charge is 0.623 e. The summed E-state index contributed by atoms with van der Waals surface area (Å²) in [5.41, 5.74) is 6.29. The highest BCUT2D eigenvalue weighted by Crippen LogP contribution is 2.22. The molecule has 0 spiro atoms. The van der Waals surface area contributed by atoms with Gasteiger partial charge in [0.15, 0.2) is 5.54 Å². The minimum Gasteiger partial charge on any atom is -0.623 e. The summed E-state index contributed by atoms with van der Waals surface area (Å²) in [6.45, 7) is 23.3. The average Bonchev–Trinajstić information content (AvgIpc) is 2.60. The topological polar surface area (TPSA) is 80.9 Å². The van der Waals surface area contributed by atoms with Crippen LogP contribution in [-0.4, -0.2) is 46.9 Å². The Morgan fingerprint density at radius 2 is 1.16 bits per heavy atom. The van der Waals surface area contributed by atoms with Crippen molar-refractivity contribution in [2.24, 2.45) is 0 Å². The highest BCUT2D eigenvalue weighted by atomic mass is 16.5. The lowest BCUT2D eigenvalue weighted by atomic mass is 10.0. The quantitative estimate of drug-likeness (QED) is 0.306. The van der Waals surface area contributed by atoms with Crippen molar-refractivity contribution in [1.82, 2.24) is 24.8 Å². The SMILES string of the molecule is Cc1nc(C)c(CN(Cc2nc(C=[N+]([O-])C(C)(C)C)c(C)nc2C)C(C)(C)C)nc1C. The molecular formula is C24H38N6O. The number of hydrogen-bond donors (Lipinski definition) is 0. The highest BCUT2D eigenvalue weighted by molar-refractivity contribution is 5.74. The Hall–Kier alpha value is -2.41. The molecule has 0 saturated heterocycles. The van der Waals surface area contributed by atoms with Crippen molar-refractivity contribution in [1.29, 1.82) is 0 Å². The lowest BCUT2D eigenvalue weighted by Gasteiger charge is -2.35. The summed E-state index contributed by atoms with van der Waals surface area (Å²) in [5, 5.41) is 12.5. The molecule has 2 aromatic rings. The number of hydrogen-bond acceptors (Lipinski definition) is 6. The minimum atomic E-state index is -0.532. The third kappa shape index (κ3) is 6.29. The van der Waals surface area contributed by atoms with Crippen LogP contribution in [0.15, 0.2) is 0 Å². The molecule has 0 unspecified atom stereocenters. The monoisotopic (exact) mass is 426 g/mol. The first-order chi connectivity index (χ1) is 14.1. The number of aromatic nitrogens is 4. The first kappa shape index (κ1) is 24.9. The Kier molecular flexibility index (Phi) is 7.21. The summed E-state index contributed by atoms with van der Waals surface area (Å²) < 4.78 is 0.943. The molecule has 0 fully saturated rings. The van der Waals surface area contributed by atoms with Crippen molar-refractivity contribution in [2.45, 2.75) is 100 Å². The van der Waals surface area contributed by atoms with E-state index in [9.17, 15) is 5.21 Å². The van der Waals surface area contributed by atoms with Crippen molar-refractivity contribution in [2.75, 3.05) is 0 Å². The van der Waals surface area contributed by atoms with Crippen LogP contribution in [-0.2, 0) is 13.1 Å². The van der Waals surface area contributed by atoms with Crippen molar-refractivity contribution in [3.8, 4) is 0 Å². The standard InChI is InChI=1S/C24H38N6O/c1-15-16(2)27-20(17(3)25-15)12-29(23(6,7)8)13-21-18(4)26-19(5)22(28-21)14-30(31)24(9,10)11/h14H,12-13H2,1-11H3. The molecule has 0 aromatic carbocycles. The molecule has 31 heavy (non-hydrogen) atoms. The van der Waals surface area contributed by atoms with E-state index in [0.29, 0.717) is 18.8 Å². The molecule has 0 amide bonds. The Morgan fingerprint density at radius 3 is 1.65 bits per heavy atom. The Balaban J connectivity index is 2.44. The van der Waals surface area contributed by atoms with Gasteiger partial charge in [0.1, 0.15) is 5.69 Å². The predicted molar refractivity (Wildman–Crippen MR) is 125 cm³/mol. The zero-order chi connectivity index (χ0) is 23.7. The van der Waals surface area contributed by atoms with Gasteiger partial charge in [-0.3, -0.25) is 19.9 Å². The lowest BCUT2D eigenvalue weighted by molar-refractivity contribution is -0.530. The Bertz CT molecular complexity index is 983. The molecule has 7 heteroatoms. The second kappa shape index (κ2) is 8.99. The number of aryl methyl sites for hydroxylation is 5. The van der Waals surface area contributed by atoms with E-state index in [-0.39, 0.29) is 5.54 Å². The van der Waals surface area contributed by atoms with E-state index in [2.05, 4.69) is 35.6 Å². The number of nitrogens with zero attached hydrogens (tertiary/aromatic N) is 6. The van der Waals surface area contributed by atoms with Gasteiger partial charge in [-0.25, -0.2) is 9.72 Å². The third-order valence-electron chi connectivity index (χ3n) is 5.49. The van der Waals surface area contributed by atoms with E-state index in [1.165, 1.54) is 0 Å². The molecule has 0 aliphatic heterocycles. The number of hydroxylamine groups is 1. The van der Waals surface area contributed by atoms with Crippen molar-refractivity contribution >= 4 is 6.21 Å². The lowest BCUT2D eigenvalue weighted by Crippen LogP contribution is -2.41. The second-order valence-electron chi connectivity index (χ2n) is 10.3. The van der Waals surface area contributed by atoms with E-state index >= 15 is 0 Å². The van der Waals surface area contributed by atoms with Crippen LogP contribution in [0.5, 0.6) is 0 Å².